The Bertz CT molecular complexity index is 829. The highest BCUT2D eigenvalue weighted by Gasteiger charge is 2.08. The van der Waals surface area contributed by atoms with Crippen LogP contribution < -0.4 is 0 Å². The van der Waals surface area contributed by atoms with Crippen molar-refractivity contribution in [1.82, 2.24) is 19.2 Å². The van der Waals surface area contributed by atoms with E-state index in [0.29, 0.717) is 6.54 Å². The molecular formula is C15H14N4O2. The van der Waals surface area contributed by atoms with Crippen molar-refractivity contribution in [3.63, 3.8) is 0 Å². The SMILES string of the molecule is C/C=C\c1ccc2nc(Cn3cc(C(=O)O)cn3)cn2c1. The normalized spacial score (nSPS) is 11.5. The smallest absolute Gasteiger partial charge is 0.338 e. The van der Waals surface area contributed by atoms with Gasteiger partial charge in [0.1, 0.15) is 5.65 Å². The number of hydrogen-bond acceptors (Lipinski definition) is 3. The van der Waals surface area contributed by atoms with Gasteiger partial charge in [0.05, 0.1) is 24.0 Å². The maximum atomic E-state index is 10.8. The maximum absolute atomic E-state index is 10.8. The second-order valence-corrected chi connectivity index (χ2v) is 4.69. The Morgan fingerprint density at radius 2 is 2.19 bits per heavy atom. The molecule has 0 saturated heterocycles. The highest BCUT2D eigenvalue weighted by molar-refractivity contribution is 5.86. The standard InChI is InChI=1S/C15H14N4O2/c1-2-3-11-4-5-14-17-13(9-18(14)7-11)10-19-8-12(6-16-19)15(20)21/h2-9H,10H2,1H3,(H,20,21)/b3-2-. The van der Waals surface area contributed by atoms with Gasteiger partial charge in [0.2, 0.25) is 0 Å². The Kier molecular flexibility index (Phi) is 3.27. The van der Waals surface area contributed by atoms with Crippen molar-refractivity contribution in [2.45, 2.75) is 13.5 Å². The number of aromatic carboxylic acids is 1. The average Bonchev–Trinajstić information content (AvgIpc) is 3.05. The molecule has 0 fully saturated rings. The summed E-state index contributed by atoms with van der Waals surface area (Å²) in [6.45, 7) is 2.41. The Balaban J connectivity index is 1.88. The van der Waals surface area contributed by atoms with E-state index in [0.717, 1.165) is 16.9 Å². The van der Waals surface area contributed by atoms with Crippen molar-refractivity contribution >= 4 is 17.7 Å². The third kappa shape index (κ3) is 2.69. The monoisotopic (exact) mass is 282 g/mol. The van der Waals surface area contributed by atoms with E-state index in [4.69, 9.17) is 5.11 Å². The van der Waals surface area contributed by atoms with Crippen molar-refractivity contribution in [1.29, 1.82) is 0 Å². The van der Waals surface area contributed by atoms with Gasteiger partial charge in [-0.2, -0.15) is 5.10 Å². The molecule has 0 spiro atoms. The number of carbonyl (C=O) groups is 1. The summed E-state index contributed by atoms with van der Waals surface area (Å²) >= 11 is 0. The van der Waals surface area contributed by atoms with Gasteiger partial charge < -0.3 is 9.51 Å². The fourth-order valence-corrected chi connectivity index (χ4v) is 2.16. The number of nitrogens with zero attached hydrogens (tertiary/aromatic N) is 4. The second-order valence-electron chi connectivity index (χ2n) is 4.69. The molecule has 6 nitrogen and oxygen atoms in total. The van der Waals surface area contributed by atoms with Crippen molar-refractivity contribution in [2.75, 3.05) is 0 Å². The molecule has 1 N–H and O–H groups in total. The molecule has 0 aliphatic rings. The van der Waals surface area contributed by atoms with Gasteiger partial charge in [-0.15, -0.1) is 0 Å². The van der Waals surface area contributed by atoms with Crippen LogP contribution in [0.15, 0.2) is 43.0 Å². The third-order valence-electron chi connectivity index (χ3n) is 3.09. The molecule has 0 unspecified atom stereocenters. The number of carboxylic acid groups (broad SMARTS) is 1. The molecule has 0 amide bonds. The van der Waals surface area contributed by atoms with E-state index in [1.54, 1.807) is 4.68 Å². The first-order valence-electron chi connectivity index (χ1n) is 6.52. The van der Waals surface area contributed by atoms with E-state index in [1.807, 2.05) is 48.0 Å². The van der Waals surface area contributed by atoms with Gasteiger partial charge >= 0.3 is 5.97 Å². The Morgan fingerprint density at radius 1 is 1.33 bits per heavy atom. The van der Waals surface area contributed by atoms with Crippen LogP contribution in [0.2, 0.25) is 0 Å². The van der Waals surface area contributed by atoms with Crippen molar-refractivity contribution < 1.29 is 9.90 Å². The van der Waals surface area contributed by atoms with Gasteiger partial charge in [-0.3, -0.25) is 4.68 Å². The van der Waals surface area contributed by atoms with Crippen molar-refractivity contribution in [2.24, 2.45) is 0 Å². The largest absolute Gasteiger partial charge is 0.478 e. The lowest BCUT2D eigenvalue weighted by atomic mass is 10.2. The zero-order chi connectivity index (χ0) is 14.8. The minimum Gasteiger partial charge on any atom is -0.478 e. The van der Waals surface area contributed by atoms with Crippen LogP contribution in [-0.4, -0.2) is 30.2 Å². The van der Waals surface area contributed by atoms with Crippen LogP contribution in [0.4, 0.5) is 0 Å². The fourth-order valence-electron chi connectivity index (χ4n) is 2.16. The number of carboxylic acids is 1. The first-order chi connectivity index (χ1) is 10.2. The van der Waals surface area contributed by atoms with Gasteiger partial charge in [-0.05, 0) is 24.6 Å². The highest BCUT2D eigenvalue weighted by Crippen LogP contribution is 2.10. The molecule has 6 heteroatoms. The van der Waals surface area contributed by atoms with E-state index in [-0.39, 0.29) is 5.56 Å². The van der Waals surface area contributed by atoms with Crippen LogP contribution in [0.25, 0.3) is 11.7 Å². The molecule has 21 heavy (non-hydrogen) atoms. The van der Waals surface area contributed by atoms with Gasteiger partial charge in [-0.25, -0.2) is 9.78 Å². The van der Waals surface area contributed by atoms with E-state index in [9.17, 15) is 4.79 Å². The molecule has 0 atom stereocenters. The van der Waals surface area contributed by atoms with Crippen LogP contribution >= 0.6 is 0 Å². The molecule has 0 aliphatic carbocycles. The summed E-state index contributed by atoms with van der Waals surface area (Å²) < 4.78 is 3.52. The first kappa shape index (κ1) is 13.1. The number of pyridine rings is 1. The number of aromatic nitrogens is 4. The molecule has 3 heterocycles. The van der Waals surface area contributed by atoms with Crippen LogP contribution in [-0.2, 0) is 6.54 Å². The van der Waals surface area contributed by atoms with Gasteiger partial charge in [0.25, 0.3) is 0 Å². The van der Waals surface area contributed by atoms with Crippen LogP contribution in [0.5, 0.6) is 0 Å². The number of imidazole rings is 1. The van der Waals surface area contributed by atoms with E-state index >= 15 is 0 Å². The van der Waals surface area contributed by atoms with Crippen LogP contribution in [0.1, 0.15) is 28.5 Å². The summed E-state index contributed by atoms with van der Waals surface area (Å²) in [5, 5.41) is 12.9. The molecule has 106 valence electrons. The molecule has 0 aliphatic heterocycles. The third-order valence-corrected chi connectivity index (χ3v) is 3.09. The molecule has 0 radical (unpaired) electrons. The lowest BCUT2D eigenvalue weighted by Gasteiger charge is -1.95. The number of allylic oxidation sites excluding steroid dienone is 1. The molecule has 0 aromatic carbocycles. The molecule has 0 saturated carbocycles. The number of rotatable bonds is 4. The summed E-state index contributed by atoms with van der Waals surface area (Å²) in [6.07, 6.45) is 10.8. The zero-order valence-corrected chi connectivity index (χ0v) is 11.5. The fraction of sp³-hybridized carbons (Fsp3) is 0.133. The van der Waals surface area contributed by atoms with E-state index in [1.165, 1.54) is 12.4 Å². The predicted octanol–water partition coefficient (Wildman–Crippen LogP) is 2.31. The second kappa shape index (κ2) is 5.24. The summed E-state index contributed by atoms with van der Waals surface area (Å²) in [7, 11) is 0. The number of hydrogen-bond donors (Lipinski definition) is 1. The summed E-state index contributed by atoms with van der Waals surface area (Å²) in [5.41, 5.74) is 2.95. The summed E-state index contributed by atoms with van der Waals surface area (Å²) in [4.78, 5) is 15.3. The molecule has 3 aromatic rings. The highest BCUT2D eigenvalue weighted by atomic mass is 16.4. The lowest BCUT2D eigenvalue weighted by molar-refractivity contribution is 0.0697. The Morgan fingerprint density at radius 3 is 2.90 bits per heavy atom. The van der Waals surface area contributed by atoms with Gasteiger partial charge in [0, 0.05) is 18.6 Å². The number of fused-ring (bicyclic) bond motifs is 1. The van der Waals surface area contributed by atoms with Gasteiger partial charge in [-0.1, -0.05) is 12.2 Å². The molecule has 0 bridgehead atoms. The maximum Gasteiger partial charge on any atom is 0.338 e. The molecule has 3 aromatic heterocycles. The first-order valence-corrected chi connectivity index (χ1v) is 6.52. The van der Waals surface area contributed by atoms with Crippen molar-refractivity contribution in [3.05, 3.63) is 59.8 Å². The topological polar surface area (TPSA) is 72.4 Å². The average molecular weight is 282 g/mol. The minimum absolute atomic E-state index is 0.175. The minimum atomic E-state index is -0.979. The van der Waals surface area contributed by atoms with E-state index < -0.39 is 5.97 Å². The van der Waals surface area contributed by atoms with Crippen molar-refractivity contribution in [3.8, 4) is 0 Å². The summed E-state index contributed by atoms with van der Waals surface area (Å²) in [6, 6.07) is 3.95. The molecule has 3 rings (SSSR count). The van der Waals surface area contributed by atoms with Gasteiger partial charge in [0.15, 0.2) is 0 Å². The Labute approximate surface area is 121 Å². The Hall–Kier alpha value is -2.89. The van der Waals surface area contributed by atoms with Crippen LogP contribution in [0.3, 0.4) is 0 Å². The quantitative estimate of drug-likeness (QED) is 0.797. The summed E-state index contributed by atoms with van der Waals surface area (Å²) in [5.74, 6) is -0.979. The molecular weight excluding hydrogens is 268 g/mol. The zero-order valence-electron chi connectivity index (χ0n) is 11.5. The predicted molar refractivity (Wildman–Crippen MR) is 78.2 cm³/mol. The van der Waals surface area contributed by atoms with Crippen LogP contribution in [0, 0.1) is 0 Å². The van der Waals surface area contributed by atoms with E-state index in [2.05, 4.69) is 10.1 Å². The lowest BCUT2D eigenvalue weighted by Crippen LogP contribution is -2.00.